The third-order valence-electron chi connectivity index (χ3n) is 2.64. The lowest BCUT2D eigenvalue weighted by Gasteiger charge is -1.95. The van der Waals surface area contributed by atoms with Crippen LogP contribution in [0, 0.1) is 0 Å². The van der Waals surface area contributed by atoms with E-state index in [0.29, 0.717) is 4.88 Å². The average Bonchev–Trinajstić information content (AvgIpc) is 3.08. The maximum absolute atomic E-state index is 10.7. The number of nitrogens with zero attached hydrogens (tertiary/aromatic N) is 2. The highest BCUT2D eigenvalue weighted by Gasteiger charge is 2.05. The van der Waals surface area contributed by atoms with E-state index >= 15 is 0 Å². The molecule has 0 unspecified atom stereocenters. The Hall–Kier alpha value is -2.20. The van der Waals surface area contributed by atoms with E-state index in [2.05, 4.69) is 5.10 Å². The molecule has 0 radical (unpaired) electrons. The molecule has 0 saturated carbocycles. The van der Waals surface area contributed by atoms with Crippen molar-refractivity contribution in [2.45, 2.75) is 0 Å². The zero-order valence-corrected chi connectivity index (χ0v) is 10.3. The summed E-state index contributed by atoms with van der Waals surface area (Å²) in [4.78, 5) is 11.4. The maximum atomic E-state index is 10.7. The molecule has 0 saturated heterocycles. The minimum absolute atomic E-state index is 0.710. The van der Waals surface area contributed by atoms with Gasteiger partial charge in [0.05, 0.1) is 11.1 Å². The van der Waals surface area contributed by atoms with Crippen molar-refractivity contribution < 1.29 is 4.79 Å². The lowest BCUT2D eigenvalue weighted by atomic mass is 10.1. The minimum atomic E-state index is 0.710. The standard InChI is InChI=1S/C14H10N2OS/c17-10-13-6-7-14(18-13)16-9-12(8-15-16)11-4-2-1-3-5-11/h1-10H. The van der Waals surface area contributed by atoms with Crippen LogP contribution in [0.4, 0.5) is 0 Å². The van der Waals surface area contributed by atoms with Crippen LogP contribution in [0.2, 0.25) is 0 Å². The molecule has 0 aliphatic carbocycles. The molecule has 2 heterocycles. The van der Waals surface area contributed by atoms with E-state index in [-0.39, 0.29) is 0 Å². The van der Waals surface area contributed by atoms with Crippen molar-refractivity contribution in [3.63, 3.8) is 0 Å². The van der Waals surface area contributed by atoms with Crippen molar-refractivity contribution in [3.05, 3.63) is 59.7 Å². The number of carbonyl (C=O) groups excluding carboxylic acids is 1. The molecule has 2 aromatic heterocycles. The molecule has 0 N–H and O–H groups in total. The van der Waals surface area contributed by atoms with Gasteiger partial charge in [-0.3, -0.25) is 4.79 Å². The number of aromatic nitrogens is 2. The monoisotopic (exact) mass is 254 g/mol. The van der Waals surface area contributed by atoms with E-state index in [1.807, 2.05) is 48.8 Å². The lowest BCUT2D eigenvalue weighted by molar-refractivity contribution is 0.112. The third-order valence-corrected chi connectivity index (χ3v) is 3.64. The Kier molecular flexibility index (Phi) is 2.78. The number of hydrogen-bond acceptors (Lipinski definition) is 3. The Morgan fingerprint density at radius 3 is 2.61 bits per heavy atom. The van der Waals surface area contributed by atoms with Crippen LogP contribution in [0.5, 0.6) is 0 Å². The second-order valence-electron chi connectivity index (χ2n) is 3.83. The summed E-state index contributed by atoms with van der Waals surface area (Å²) in [6.45, 7) is 0. The Balaban J connectivity index is 1.96. The van der Waals surface area contributed by atoms with Crippen LogP contribution in [0.15, 0.2) is 54.9 Å². The van der Waals surface area contributed by atoms with Gasteiger partial charge in [-0.2, -0.15) is 5.10 Å². The van der Waals surface area contributed by atoms with Gasteiger partial charge >= 0.3 is 0 Å². The zero-order chi connectivity index (χ0) is 12.4. The largest absolute Gasteiger partial charge is 0.297 e. The number of carbonyl (C=O) groups is 1. The van der Waals surface area contributed by atoms with Gasteiger partial charge in [0.1, 0.15) is 5.00 Å². The summed E-state index contributed by atoms with van der Waals surface area (Å²) in [7, 11) is 0. The molecule has 0 spiro atoms. The molecule has 0 amide bonds. The molecule has 0 fully saturated rings. The summed E-state index contributed by atoms with van der Waals surface area (Å²) >= 11 is 1.43. The second kappa shape index (κ2) is 4.58. The number of hydrogen-bond donors (Lipinski definition) is 0. The first-order valence-corrected chi connectivity index (χ1v) is 6.34. The van der Waals surface area contributed by atoms with E-state index in [9.17, 15) is 4.79 Å². The van der Waals surface area contributed by atoms with Crippen molar-refractivity contribution >= 4 is 17.6 Å². The fraction of sp³-hybridized carbons (Fsp3) is 0. The molecular weight excluding hydrogens is 244 g/mol. The molecule has 3 rings (SSSR count). The summed E-state index contributed by atoms with van der Waals surface area (Å²) in [5, 5.41) is 5.27. The Bertz CT molecular complexity index is 670. The smallest absolute Gasteiger partial charge is 0.160 e. The first-order chi connectivity index (χ1) is 8.86. The number of benzene rings is 1. The SMILES string of the molecule is O=Cc1ccc(-n2cc(-c3ccccc3)cn2)s1. The number of rotatable bonds is 3. The highest BCUT2D eigenvalue weighted by Crippen LogP contribution is 2.23. The number of thiophene rings is 1. The summed E-state index contributed by atoms with van der Waals surface area (Å²) in [6, 6.07) is 13.8. The van der Waals surface area contributed by atoms with Crippen molar-refractivity contribution in [2.75, 3.05) is 0 Å². The summed E-state index contributed by atoms with van der Waals surface area (Å²) in [5.41, 5.74) is 2.20. The summed E-state index contributed by atoms with van der Waals surface area (Å²) in [6.07, 6.45) is 4.65. The molecular formula is C14H10N2OS. The first kappa shape index (κ1) is 10.9. The first-order valence-electron chi connectivity index (χ1n) is 5.52. The van der Waals surface area contributed by atoms with Crippen molar-refractivity contribution in [3.8, 4) is 16.1 Å². The van der Waals surface area contributed by atoms with Crippen LogP contribution in [0.1, 0.15) is 9.67 Å². The molecule has 0 aliphatic heterocycles. The van der Waals surface area contributed by atoms with Crippen LogP contribution in [-0.4, -0.2) is 16.1 Å². The minimum Gasteiger partial charge on any atom is -0.297 e. The normalized spacial score (nSPS) is 10.4. The van der Waals surface area contributed by atoms with E-state index in [4.69, 9.17) is 0 Å². The van der Waals surface area contributed by atoms with Crippen LogP contribution < -0.4 is 0 Å². The summed E-state index contributed by atoms with van der Waals surface area (Å²) in [5.74, 6) is 0. The zero-order valence-electron chi connectivity index (χ0n) is 9.48. The topological polar surface area (TPSA) is 34.9 Å². The average molecular weight is 254 g/mol. The fourth-order valence-electron chi connectivity index (χ4n) is 1.75. The highest BCUT2D eigenvalue weighted by atomic mass is 32.1. The third kappa shape index (κ3) is 1.98. The molecule has 88 valence electrons. The van der Waals surface area contributed by atoms with Crippen molar-refractivity contribution in [1.82, 2.24) is 9.78 Å². The van der Waals surface area contributed by atoms with E-state index in [1.165, 1.54) is 11.3 Å². The Morgan fingerprint density at radius 1 is 1.06 bits per heavy atom. The molecule has 1 aromatic carbocycles. The predicted octanol–water partition coefficient (Wildman–Crippen LogP) is 3.41. The molecule has 0 bridgehead atoms. The highest BCUT2D eigenvalue weighted by molar-refractivity contribution is 7.16. The fourth-order valence-corrected chi connectivity index (χ4v) is 2.51. The second-order valence-corrected chi connectivity index (χ2v) is 4.93. The molecule has 18 heavy (non-hydrogen) atoms. The Morgan fingerprint density at radius 2 is 1.89 bits per heavy atom. The van der Waals surface area contributed by atoms with Gasteiger partial charge in [-0.1, -0.05) is 30.3 Å². The van der Waals surface area contributed by atoms with Gasteiger partial charge in [0.15, 0.2) is 6.29 Å². The lowest BCUT2D eigenvalue weighted by Crippen LogP contribution is -1.88. The van der Waals surface area contributed by atoms with Gasteiger partial charge in [-0.05, 0) is 17.7 Å². The molecule has 3 aromatic rings. The Labute approximate surface area is 108 Å². The van der Waals surface area contributed by atoms with Crippen molar-refractivity contribution in [2.24, 2.45) is 0 Å². The van der Waals surface area contributed by atoms with E-state index in [0.717, 1.165) is 22.4 Å². The summed E-state index contributed by atoms with van der Waals surface area (Å²) < 4.78 is 1.79. The molecule has 3 nitrogen and oxygen atoms in total. The van der Waals surface area contributed by atoms with Crippen LogP contribution >= 0.6 is 11.3 Å². The van der Waals surface area contributed by atoms with Gasteiger partial charge in [-0.25, -0.2) is 4.68 Å². The molecule has 0 aliphatic rings. The van der Waals surface area contributed by atoms with Crippen LogP contribution in [0.3, 0.4) is 0 Å². The predicted molar refractivity (Wildman–Crippen MR) is 72.3 cm³/mol. The quantitative estimate of drug-likeness (QED) is 0.671. The van der Waals surface area contributed by atoms with Gasteiger partial charge in [0.2, 0.25) is 0 Å². The van der Waals surface area contributed by atoms with Gasteiger partial charge in [-0.15, -0.1) is 11.3 Å². The van der Waals surface area contributed by atoms with Gasteiger partial charge in [0, 0.05) is 11.8 Å². The van der Waals surface area contributed by atoms with Crippen LogP contribution in [-0.2, 0) is 0 Å². The molecule has 4 heteroatoms. The van der Waals surface area contributed by atoms with Crippen molar-refractivity contribution in [1.29, 1.82) is 0 Å². The van der Waals surface area contributed by atoms with E-state index in [1.54, 1.807) is 10.7 Å². The van der Waals surface area contributed by atoms with E-state index < -0.39 is 0 Å². The number of aldehydes is 1. The van der Waals surface area contributed by atoms with Crippen LogP contribution in [0.25, 0.3) is 16.1 Å². The molecule has 0 atom stereocenters. The van der Waals surface area contributed by atoms with Gasteiger partial charge in [0.25, 0.3) is 0 Å². The maximum Gasteiger partial charge on any atom is 0.160 e. The van der Waals surface area contributed by atoms with Gasteiger partial charge < -0.3 is 0 Å².